The highest BCUT2D eigenvalue weighted by atomic mass is 16.5. The van der Waals surface area contributed by atoms with E-state index in [2.05, 4.69) is 43.5 Å². The van der Waals surface area contributed by atoms with Crippen LogP contribution in [0.2, 0.25) is 0 Å². The molecule has 5 nitrogen and oxygen atoms in total. The average molecular weight is 307 g/mol. The Kier molecular flexibility index (Phi) is 7.74. The van der Waals surface area contributed by atoms with Gasteiger partial charge >= 0.3 is 6.03 Å². The fraction of sp³-hybridized carbons (Fsp3) is 0.588. The van der Waals surface area contributed by atoms with Crippen LogP contribution in [0.5, 0.6) is 5.75 Å². The zero-order valence-electron chi connectivity index (χ0n) is 14.3. The highest BCUT2D eigenvalue weighted by Gasteiger charge is 2.21. The Hall–Kier alpha value is -1.75. The van der Waals surface area contributed by atoms with Gasteiger partial charge in [-0.1, -0.05) is 32.8 Å². The summed E-state index contributed by atoms with van der Waals surface area (Å²) in [5.74, 6) is 1.30. The first-order valence-corrected chi connectivity index (χ1v) is 7.87. The molecule has 1 unspecified atom stereocenters. The van der Waals surface area contributed by atoms with E-state index in [0.717, 1.165) is 24.3 Å². The Balaban J connectivity index is 2.56. The third kappa shape index (κ3) is 5.56. The van der Waals surface area contributed by atoms with Gasteiger partial charge in [0.1, 0.15) is 5.75 Å². The minimum Gasteiger partial charge on any atom is -0.497 e. The molecular formula is C17H29N3O2. The van der Waals surface area contributed by atoms with Gasteiger partial charge in [-0.2, -0.15) is 0 Å². The van der Waals surface area contributed by atoms with Gasteiger partial charge in [0.05, 0.1) is 7.11 Å². The largest absolute Gasteiger partial charge is 0.497 e. The number of methoxy groups -OCH3 is 1. The van der Waals surface area contributed by atoms with Crippen LogP contribution in [-0.2, 0) is 0 Å². The smallest absolute Gasteiger partial charge is 0.319 e. The quantitative estimate of drug-likeness (QED) is 0.775. The standard InChI is InChI=1S/C17H29N3O2/c1-6-13(7-2)16(20(3)4)12-18-17(21)19-14-9-8-10-15(11-14)22-5/h8-11,13,16H,6-7,12H2,1-5H3,(H2,18,19,21). The third-order valence-electron chi connectivity index (χ3n) is 4.06. The summed E-state index contributed by atoms with van der Waals surface area (Å²) in [7, 11) is 5.73. The molecule has 124 valence electrons. The van der Waals surface area contributed by atoms with Crippen molar-refractivity contribution in [2.75, 3.05) is 33.1 Å². The summed E-state index contributed by atoms with van der Waals surface area (Å²) >= 11 is 0. The van der Waals surface area contributed by atoms with Crippen LogP contribution in [0.4, 0.5) is 10.5 Å². The van der Waals surface area contributed by atoms with Gasteiger partial charge in [0.25, 0.3) is 0 Å². The molecule has 5 heteroatoms. The maximum absolute atomic E-state index is 12.1. The van der Waals surface area contributed by atoms with Gasteiger partial charge in [-0.15, -0.1) is 0 Å². The second-order valence-electron chi connectivity index (χ2n) is 5.67. The number of nitrogens with zero attached hydrogens (tertiary/aromatic N) is 1. The number of hydrogen-bond acceptors (Lipinski definition) is 3. The molecule has 0 fully saturated rings. The van der Waals surface area contributed by atoms with Crippen LogP contribution in [0.1, 0.15) is 26.7 Å². The van der Waals surface area contributed by atoms with Crippen molar-refractivity contribution in [3.63, 3.8) is 0 Å². The fourth-order valence-electron chi connectivity index (χ4n) is 2.68. The molecule has 0 bridgehead atoms. The molecule has 1 rings (SSSR count). The lowest BCUT2D eigenvalue weighted by Crippen LogP contribution is -2.45. The average Bonchev–Trinajstić information content (AvgIpc) is 2.51. The second-order valence-corrected chi connectivity index (χ2v) is 5.67. The highest BCUT2D eigenvalue weighted by molar-refractivity contribution is 5.89. The maximum Gasteiger partial charge on any atom is 0.319 e. The number of ether oxygens (including phenoxy) is 1. The van der Waals surface area contributed by atoms with E-state index in [0.29, 0.717) is 18.5 Å². The number of anilines is 1. The maximum atomic E-state index is 12.1. The van der Waals surface area contributed by atoms with Crippen LogP contribution >= 0.6 is 0 Å². The second kappa shape index (κ2) is 9.30. The number of amides is 2. The van der Waals surface area contributed by atoms with Crippen LogP contribution in [-0.4, -0.2) is 44.7 Å². The van der Waals surface area contributed by atoms with E-state index in [1.165, 1.54) is 0 Å². The van der Waals surface area contributed by atoms with Crippen molar-refractivity contribution in [2.45, 2.75) is 32.7 Å². The van der Waals surface area contributed by atoms with Crippen molar-refractivity contribution in [3.8, 4) is 5.75 Å². The lowest BCUT2D eigenvalue weighted by Gasteiger charge is -2.31. The van der Waals surface area contributed by atoms with E-state index in [4.69, 9.17) is 4.74 Å². The number of rotatable bonds is 8. The van der Waals surface area contributed by atoms with Crippen LogP contribution in [0.3, 0.4) is 0 Å². The number of nitrogens with one attached hydrogen (secondary N) is 2. The highest BCUT2D eigenvalue weighted by Crippen LogP contribution is 2.17. The van der Waals surface area contributed by atoms with Gasteiger partial charge in [0.2, 0.25) is 0 Å². The van der Waals surface area contributed by atoms with Gasteiger partial charge in [-0.3, -0.25) is 0 Å². The summed E-state index contributed by atoms with van der Waals surface area (Å²) in [6, 6.07) is 7.48. The van der Waals surface area contributed by atoms with Crippen LogP contribution in [0.15, 0.2) is 24.3 Å². The van der Waals surface area contributed by atoms with Crippen molar-refractivity contribution >= 4 is 11.7 Å². The van der Waals surface area contributed by atoms with E-state index in [1.54, 1.807) is 13.2 Å². The topological polar surface area (TPSA) is 53.6 Å². The summed E-state index contributed by atoms with van der Waals surface area (Å²) in [4.78, 5) is 14.2. The Morgan fingerprint density at radius 2 is 1.95 bits per heavy atom. The number of benzene rings is 1. The number of likely N-dealkylation sites (N-methyl/N-ethyl adjacent to an activating group) is 1. The minimum absolute atomic E-state index is 0.189. The van der Waals surface area contributed by atoms with Gasteiger partial charge in [-0.05, 0) is 32.1 Å². The molecule has 0 aliphatic heterocycles. The molecule has 0 radical (unpaired) electrons. The summed E-state index contributed by atoms with van der Waals surface area (Å²) in [6.07, 6.45) is 2.22. The van der Waals surface area contributed by atoms with Crippen LogP contribution in [0, 0.1) is 5.92 Å². The Bertz CT molecular complexity index is 459. The zero-order chi connectivity index (χ0) is 16.5. The summed E-state index contributed by atoms with van der Waals surface area (Å²) in [6.45, 7) is 5.02. The molecule has 2 amide bonds. The SMILES string of the molecule is CCC(CC)C(CNC(=O)Nc1cccc(OC)c1)N(C)C. The van der Waals surface area contributed by atoms with Gasteiger partial charge in [0.15, 0.2) is 0 Å². The zero-order valence-corrected chi connectivity index (χ0v) is 14.3. The molecule has 0 aliphatic rings. The Morgan fingerprint density at radius 1 is 1.27 bits per heavy atom. The van der Waals surface area contributed by atoms with Crippen molar-refractivity contribution in [3.05, 3.63) is 24.3 Å². The first-order chi connectivity index (χ1) is 10.5. The van der Waals surface area contributed by atoms with E-state index >= 15 is 0 Å². The van der Waals surface area contributed by atoms with Crippen molar-refractivity contribution in [2.24, 2.45) is 5.92 Å². The lowest BCUT2D eigenvalue weighted by molar-refractivity contribution is 0.193. The normalized spacial score (nSPS) is 12.3. The van der Waals surface area contributed by atoms with E-state index in [-0.39, 0.29) is 6.03 Å². The minimum atomic E-state index is -0.189. The summed E-state index contributed by atoms with van der Waals surface area (Å²) < 4.78 is 5.15. The summed E-state index contributed by atoms with van der Waals surface area (Å²) in [5, 5.41) is 5.80. The molecule has 0 saturated carbocycles. The van der Waals surface area contributed by atoms with Gasteiger partial charge in [-0.25, -0.2) is 4.79 Å². The molecule has 2 N–H and O–H groups in total. The van der Waals surface area contributed by atoms with Crippen LogP contribution < -0.4 is 15.4 Å². The van der Waals surface area contributed by atoms with Crippen LogP contribution in [0.25, 0.3) is 0 Å². The molecule has 1 atom stereocenters. The molecule has 0 aliphatic carbocycles. The van der Waals surface area contributed by atoms with Gasteiger partial charge < -0.3 is 20.3 Å². The number of carbonyl (C=O) groups excluding carboxylic acids is 1. The van der Waals surface area contributed by atoms with Gasteiger partial charge in [0, 0.05) is 24.3 Å². The Labute approximate surface area is 134 Å². The fourth-order valence-corrected chi connectivity index (χ4v) is 2.68. The monoisotopic (exact) mass is 307 g/mol. The number of urea groups is 1. The van der Waals surface area contributed by atoms with Crippen molar-refractivity contribution in [1.29, 1.82) is 0 Å². The molecule has 1 aromatic rings. The molecule has 0 spiro atoms. The molecule has 1 aromatic carbocycles. The molecule has 0 heterocycles. The number of carbonyl (C=O) groups is 1. The summed E-state index contributed by atoms with van der Waals surface area (Å²) in [5.41, 5.74) is 0.723. The van der Waals surface area contributed by atoms with E-state index in [9.17, 15) is 4.79 Å². The molecule has 0 saturated heterocycles. The first kappa shape index (κ1) is 18.3. The van der Waals surface area contributed by atoms with Crippen molar-refractivity contribution < 1.29 is 9.53 Å². The van der Waals surface area contributed by atoms with E-state index in [1.807, 2.05) is 18.2 Å². The predicted molar refractivity (Wildman–Crippen MR) is 91.6 cm³/mol. The Morgan fingerprint density at radius 3 is 2.50 bits per heavy atom. The predicted octanol–water partition coefficient (Wildman–Crippen LogP) is 3.18. The third-order valence-corrected chi connectivity index (χ3v) is 4.06. The van der Waals surface area contributed by atoms with Crippen molar-refractivity contribution in [1.82, 2.24) is 10.2 Å². The first-order valence-electron chi connectivity index (χ1n) is 7.87. The number of hydrogen-bond donors (Lipinski definition) is 2. The molecular weight excluding hydrogens is 278 g/mol. The molecule has 22 heavy (non-hydrogen) atoms. The lowest BCUT2D eigenvalue weighted by atomic mass is 9.93. The van der Waals surface area contributed by atoms with E-state index < -0.39 is 0 Å². The molecule has 0 aromatic heterocycles.